The molecule has 1 saturated heterocycles. The topological polar surface area (TPSA) is 69.8 Å². The number of carbonyl (C=O) groups is 1. The number of piperazine rings is 1. The highest BCUT2D eigenvalue weighted by Gasteiger charge is 2.32. The first-order valence-corrected chi connectivity index (χ1v) is 6.35. The molecular weight excluding hydrogens is 218 g/mol. The SMILES string of the molecule is CCC(C)N1CCN(CC(C)(N)C(=O)O)CC1. The molecule has 0 saturated carbocycles. The largest absolute Gasteiger partial charge is 0.480 e. The Morgan fingerprint density at radius 1 is 1.41 bits per heavy atom. The maximum Gasteiger partial charge on any atom is 0.324 e. The summed E-state index contributed by atoms with van der Waals surface area (Å²) >= 11 is 0. The third kappa shape index (κ3) is 3.94. The summed E-state index contributed by atoms with van der Waals surface area (Å²) in [4.78, 5) is 15.5. The van der Waals surface area contributed by atoms with Crippen molar-refractivity contribution in [2.75, 3.05) is 32.7 Å². The monoisotopic (exact) mass is 243 g/mol. The van der Waals surface area contributed by atoms with Crippen molar-refractivity contribution in [1.82, 2.24) is 9.80 Å². The lowest BCUT2D eigenvalue weighted by Gasteiger charge is -2.39. The summed E-state index contributed by atoms with van der Waals surface area (Å²) in [5.74, 6) is -0.929. The minimum atomic E-state index is -1.14. The maximum absolute atomic E-state index is 11.0. The third-order valence-corrected chi connectivity index (χ3v) is 3.66. The number of hydrogen-bond acceptors (Lipinski definition) is 4. The minimum absolute atomic E-state index is 0.427. The van der Waals surface area contributed by atoms with Crippen LogP contribution in [-0.4, -0.2) is 65.2 Å². The van der Waals surface area contributed by atoms with E-state index >= 15 is 0 Å². The molecule has 0 aromatic carbocycles. The Labute approximate surface area is 104 Å². The molecule has 17 heavy (non-hydrogen) atoms. The summed E-state index contributed by atoms with van der Waals surface area (Å²) in [6.07, 6.45) is 1.16. The molecule has 0 aliphatic carbocycles. The summed E-state index contributed by atoms with van der Waals surface area (Å²) in [5.41, 5.74) is 4.62. The predicted molar refractivity (Wildman–Crippen MR) is 68.0 cm³/mol. The van der Waals surface area contributed by atoms with Crippen molar-refractivity contribution in [2.24, 2.45) is 5.73 Å². The van der Waals surface area contributed by atoms with E-state index in [2.05, 4.69) is 23.6 Å². The van der Waals surface area contributed by atoms with Gasteiger partial charge in [-0.2, -0.15) is 0 Å². The molecule has 1 heterocycles. The molecule has 1 aliphatic rings. The van der Waals surface area contributed by atoms with Crippen LogP contribution in [0, 0.1) is 0 Å². The van der Waals surface area contributed by atoms with Gasteiger partial charge in [0, 0.05) is 38.8 Å². The van der Waals surface area contributed by atoms with Crippen molar-refractivity contribution >= 4 is 5.97 Å². The second kappa shape index (κ2) is 5.80. The maximum atomic E-state index is 11.0. The van der Waals surface area contributed by atoms with E-state index in [1.165, 1.54) is 0 Å². The Hall–Kier alpha value is -0.650. The predicted octanol–water partition coefficient (Wildman–Crippen LogP) is 0.205. The molecule has 3 N–H and O–H groups in total. The normalized spacial score (nSPS) is 24.2. The summed E-state index contributed by atoms with van der Waals surface area (Å²) in [6.45, 7) is 10.3. The molecule has 5 nitrogen and oxygen atoms in total. The van der Waals surface area contributed by atoms with Gasteiger partial charge in [-0.15, -0.1) is 0 Å². The lowest BCUT2D eigenvalue weighted by Crippen LogP contribution is -2.58. The minimum Gasteiger partial charge on any atom is -0.480 e. The molecule has 2 atom stereocenters. The van der Waals surface area contributed by atoms with Crippen LogP contribution in [-0.2, 0) is 4.79 Å². The highest BCUT2D eigenvalue weighted by atomic mass is 16.4. The van der Waals surface area contributed by atoms with Crippen LogP contribution >= 0.6 is 0 Å². The Morgan fingerprint density at radius 2 is 1.94 bits per heavy atom. The number of aliphatic carboxylic acids is 1. The Morgan fingerprint density at radius 3 is 2.35 bits per heavy atom. The standard InChI is InChI=1S/C12H25N3O2/c1-4-10(2)15-7-5-14(6-8-15)9-12(3,13)11(16)17/h10H,4-9,13H2,1-3H3,(H,16,17). The lowest BCUT2D eigenvalue weighted by atomic mass is 10.0. The van der Waals surface area contributed by atoms with E-state index in [-0.39, 0.29) is 0 Å². The van der Waals surface area contributed by atoms with Gasteiger partial charge in [0.25, 0.3) is 0 Å². The number of carboxylic acids is 1. The van der Waals surface area contributed by atoms with Crippen LogP contribution in [0.1, 0.15) is 27.2 Å². The van der Waals surface area contributed by atoms with Gasteiger partial charge >= 0.3 is 5.97 Å². The zero-order chi connectivity index (χ0) is 13.1. The molecule has 0 spiro atoms. The molecule has 100 valence electrons. The van der Waals surface area contributed by atoms with Crippen LogP contribution in [0.3, 0.4) is 0 Å². The molecular formula is C12H25N3O2. The van der Waals surface area contributed by atoms with Crippen LogP contribution in [0.4, 0.5) is 0 Å². The van der Waals surface area contributed by atoms with Crippen molar-refractivity contribution in [2.45, 2.75) is 38.8 Å². The number of hydrogen-bond donors (Lipinski definition) is 2. The van der Waals surface area contributed by atoms with Crippen LogP contribution in [0.15, 0.2) is 0 Å². The van der Waals surface area contributed by atoms with Crippen molar-refractivity contribution in [1.29, 1.82) is 0 Å². The molecule has 1 rings (SSSR count). The third-order valence-electron chi connectivity index (χ3n) is 3.66. The van der Waals surface area contributed by atoms with E-state index < -0.39 is 11.5 Å². The first-order valence-electron chi connectivity index (χ1n) is 6.35. The van der Waals surface area contributed by atoms with E-state index in [9.17, 15) is 4.79 Å². The van der Waals surface area contributed by atoms with Crippen molar-refractivity contribution in [3.63, 3.8) is 0 Å². The molecule has 0 aromatic heterocycles. The Bertz CT molecular complexity index is 260. The van der Waals surface area contributed by atoms with Gasteiger partial charge in [-0.1, -0.05) is 6.92 Å². The number of nitrogens with two attached hydrogens (primary N) is 1. The zero-order valence-corrected chi connectivity index (χ0v) is 11.1. The van der Waals surface area contributed by atoms with Gasteiger partial charge in [0.15, 0.2) is 0 Å². The van der Waals surface area contributed by atoms with E-state index in [1.807, 2.05) is 0 Å². The zero-order valence-electron chi connectivity index (χ0n) is 11.1. The van der Waals surface area contributed by atoms with Crippen LogP contribution in [0.5, 0.6) is 0 Å². The van der Waals surface area contributed by atoms with Gasteiger partial charge in [0.2, 0.25) is 0 Å². The van der Waals surface area contributed by atoms with Gasteiger partial charge < -0.3 is 10.8 Å². The van der Waals surface area contributed by atoms with Gasteiger partial charge in [-0.3, -0.25) is 14.6 Å². The molecule has 0 bridgehead atoms. The van der Waals surface area contributed by atoms with Crippen LogP contribution < -0.4 is 5.73 Å². The number of carboxylic acid groups (broad SMARTS) is 1. The van der Waals surface area contributed by atoms with Crippen molar-refractivity contribution in [3.05, 3.63) is 0 Å². The van der Waals surface area contributed by atoms with Gasteiger partial charge in [0.1, 0.15) is 5.54 Å². The second-order valence-electron chi connectivity index (χ2n) is 5.29. The fourth-order valence-electron chi connectivity index (χ4n) is 2.15. The second-order valence-corrected chi connectivity index (χ2v) is 5.29. The Balaban J connectivity index is 2.40. The van der Waals surface area contributed by atoms with E-state index in [1.54, 1.807) is 6.92 Å². The molecule has 0 radical (unpaired) electrons. The van der Waals surface area contributed by atoms with Crippen LogP contribution in [0.25, 0.3) is 0 Å². The quantitative estimate of drug-likeness (QED) is 0.722. The molecule has 0 amide bonds. The van der Waals surface area contributed by atoms with Crippen molar-refractivity contribution in [3.8, 4) is 0 Å². The lowest BCUT2D eigenvalue weighted by molar-refractivity contribution is -0.143. The fraction of sp³-hybridized carbons (Fsp3) is 0.917. The van der Waals surface area contributed by atoms with E-state index in [4.69, 9.17) is 10.8 Å². The van der Waals surface area contributed by atoms with Gasteiger partial charge in [0.05, 0.1) is 0 Å². The number of rotatable bonds is 5. The summed E-state index contributed by atoms with van der Waals surface area (Å²) in [7, 11) is 0. The highest BCUT2D eigenvalue weighted by molar-refractivity contribution is 5.78. The Kier molecular flexibility index (Phi) is 4.91. The molecule has 1 fully saturated rings. The van der Waals surface area contributed by atoms with E-state index in [0.717, 1.165) is 32.6 Å². The molecule has 2 unspecified atom stereocenters. The molecule has 1 aliphatic heterocycles. The van der Waals surface area contributed by atoms with Crippen LogP contribution in [0.2, 0.25) is 0 Å². The molecule has 5 heteroatoms. The number of nitrogens with zero attached hydrogens (tertiary/aromatic N) is 2. The average molecular weight is 243 g/mol. The first kappa shape index (κ1) is 14.4. The first-order chi connectivity index (χ1) is 7.86. The summed E-state index contributed by atoms with van der Waals surface area (Å²) in [6, 6.07) is 0.612. The summed E-state index contributed by atoms with van der Waals surface area (Å²) < 4.78 is 0. The average Bonchev–Trinajstić information content (AvgIpc) is 2.28. The molecule has 0 aromatic rings. The van der Waals surface area contributed by atoms with Gasteiger partial charge in [-0.05, 0) is 20.3 Å². The summed E-state index contributed by atoms with van der Waals surface area (Å²) in [5, 5.41) is 8.99. The fourth-order valence-corrected chi connectivity index (χ4v) is 2.15. The van der Waals surface area contributed by atoms with Gasteiger partial charge in [-0.25, -0.2) is 0 Å². The smallest absolute Gasteiger partial charge is 0.324 e. The highest BCUT2D eigenvalue weighted by Crippen LogP contribution is 2.11. The van der Waals surface area contributed by atoms with Crippen molar-refractivity contribution < 1.29 is 9.90 Å². The van der Waals surface area contributed by atoms with E-state index in [0.29, 0.717) is 12.6 Å².